The van der Waals surface area contributed by atoms with E-state index in [0.717, 1.165) is 26.2 Å². The molecule has 2 heterocycles. The van der Waals surface area contributed by atoms with Crippen LogP contribution in [0.25, 0.3) is 0 Å². The molecule has 0 aromatic heterocycles. The molecule has 10 heteroatoms. The van der Waals surface area contributed by atoms with Crippen LogP contribution in [-0.2, 0) is 19.1 Å². The Labute approximate surface area is 193 Å². The smallest absolute Gasteiger partial charge is 0.315 e. The number of non-ortho nitro benzene ring substituents is 1. The Morgan fingerprint density at radius 2 is 1.97 bits per heavy atom. The predicted molar refractivity (Wildman–Crippen MR) is 122 cm³/mol. The molecular weight excluding hydrogens is 428 g/mol. The Morgan fingerprint density at radius 1 is 1.27 bits per heavy atom. The van der Waals surface area contributed by atoms with E-state index in [1.165, 1.54) is 26.4 Å². The number of aliphatic imine (C=N–C) groups is 1. The molecule has 33 heavy (non-hydrogen) atoms. The van der Waals surface area contributed by atoms with Gasteiger partial charge in [0.05, 0.1) is 30.6 Å². The fourth-order valence-corrected chi connectivity index (χ4v) is 5.29. The molecule has 2 aliphatic rings. The summed E-state index contributed by atoms with van der Waals surface area (Å²) in [4.78, 5) is 44.5. The SMILES string of the molecule is COC(=O)C1C(C)=NC(C)C(CCN2CCNCC2)(C(=O)OC)C1c1cccc([N+](=O)[O-])c1. The summed E-state index contributed by atoms with van der Waals surface area (Å²) in [6.45, 7) is 7.59. The number of esters is 2. The second-order valence-corrected chi connectivity index (χ2v) is 8.65. The molecule has 10 nitrogen and oxygen atoms in total. The van der Waals surface area contributed by atoms with Crippen molar-refractivity contribution in [2.75, 3.05) is 46.9 Å². The molecule has 180 valence electrons. The molecule has 3 rings (SSSR count). The Balaban J connectivity index is 2.18. The molecule has 1 fully saturated rings. The van der Waals surface area contributed by atoms with Gasteiger partial charge >= 0.3 is 11.9 Å². The van der Waals surface area contributed by atoms with Gasteiger partial charge in [0, 0.05) is 49.9 Å². The fraction of sp³-hybridized carbons (Fsp3) is 0.609. The zero-order valence-corrected chi connectivity index (χ0v) is 19.6. The number of methoxy groups -OCH3 is 2. The van der Waals surface area contributed by atoms with E-state index in [2.05, 4.69) is 10.2 Å². The van der Waals surface area contributed by atoms with Gasteiger partial charge < -0.3 is 19.7 Å². The number of ether oxygens (including phenoxy) is 2. The minimum absolute atomic E-state index is 0.107. The number of benzene rings is 1. The van der Waals surface area contributed by atoms with Gasteiger partial charge in [-0.3, -0.25) is 24.7 Å². The molecule has 4 unspecified atom stereocenters. The van der Waals surface area contributed by atoms with Gasteiger partial charge in [0.2, 0.25) is 0 Å². The Hall–Kier alpha value is -2.85. The van der Waals surface area contributed by atoms with Gasteiger partial charge in [-0.15, -0.1) is 0 Å². The number of nitrogens with zero attached hydrogens (tertiary/aromatic N) is 3. The third-order valence-corrected chi connectivity index (χ3v) is 6.99. The van der Waals surface area contributed by atoms with Gasteiger partial charge in [-0.05, 0) is 32.4 Å². The fourth-order valence-electron chi connectivity index (χ4n) is 5.29. The summed E-state index contributed by atoms with van der Waals surface area (Å²) in [5, 5.41) is 14.8. The summed E-state index contributed by atoms with van der Waals surface area (Å²) < 4.78 is 10.4. The van der Waals surface area contributed by atoms with Gasteiger partial charge in [0.25, 0.3) is 5.69 Å². The number of carbonyl (C=O) groups excluding carboxylic acids is 2. The van der Waals surface area contributed by atoms with E-state index in [-0.39, 0.29) is 5.69 Å². The van der Waals surface area contributed by atoms with Crippen LogP contribution in [0.4, 0.5) is 5.69 Å². The number of nitro benzene ring substituents is 1. The number of piperazine rings is 1. The highest BCUT2D eigenvalue weighted by Crippen LogP contribution is 2.52. The van der Waals surface area contributed by atoms with Crippen molar-refractivity contribution in [1.29, 1.82) is 0 Å². The van der Waals surface area contributed by atoms with Crippen LogP contribution in [0.5, 0.6) is 0 Å². The normalized spacial score (nSPS) is 28.0. The Kier molecular flexibility index (Phi) is 7.80. The number of rotatable bonds is 7. The number of carbonyl (C=O) groups is 2. The second-order valence-electron chi connectivity index (χ2n) is 8.65. The molecule has 0 saturated carbocycles. The first-order valence-corrected chi connectivity index (χ1v) is 11.1. The summed E-state index contributed by atoms with van der Waals surface area (Å²) in [7, 11) is 2.61. The van der Waals surface area contributed by atoms with Crippen LogP contribution < -0.4 is 5.32 Å². The molecular formula is C23H32N4O6. The van der Waals surface area contributed by atoms with Crippen LogP contribution in [-0.4, -0.2) is 80.5 Å². The maximum Gasteiger partial charge on any atom is 0.315 e. The van der Waals surface area contributed by atoms with Crippen molar-refractivity contribution in [2.45, 2.75) is 32.2 Å². The molecule has 1 saturated heterocycles. The molecule has 1 N–H and O–H groups in total. The molecule has 1 aromatic carbocycles. The zero-order chi connectivity index (χ0) is 24.2. The Bertz CT molecular complexity index is 929. The van der Waals surface area contributed by atoms with Crippen LogP contribution >= 0.6 is 0 Å². The van der Waals surface area contributed by atoms with Gasteiger partial charge in [-0.2, -0.15) is 0 Å². The lowest BCUT2D eigenvalue weighted by atomic mass is 9.58. The summed E-state index contributed by atoms with van der Waals surface area (Å²) in [6, 6.07) is 5.63. The van der Waals surface area contributed by atoms with Crippen LogP contribution in [0.1, 0.15) is 31.7 Å². The van der Waals surface area contributed by atoms with Gasteiger partial charge in [0.1, 0.15) is 5.92 Å². The van der Waals surface area contributed by atoms with E-state index >= 15 is 0 Å². The van der Waals surface area contributed by atoms with Crippen LogP contribution in [0, 0.1) is 21.4 Å². The van der Waals surface area contributed by atoms with Gasteiger partial charge in [0.15, 0.2) is 0 Å². The third kappa shape index (κ3) is 4.77. The average Bonchev–Trinajstić information content (AvgIpc) is 2.83. The molecule has 0 amide bonds. The van der Waals surface area contributed by atoms with Crippen LogP contribution in [0.2, 0.25) is 0 Å². The topological polar surface area (TPSA) is 123 Å². The number of hydrogen-bond acceptors (Lipinski definition) is 9. The van der Waals surface area contributed by atoms with Crippen molar-refractivity contribution in [1.82, 2.24) is 10.2 Å². The van der Waals surface area contributed by atoms with E-state index in [9.17, 15) is 19.7 Å². The van der Waals surface area contributed by atoms with E-state index < -0.39 is 40.2 Å². The minimum Gasteiger partial charge on any atom is -0.469 e. The quantitative estimate of drug-likeness (QED) is 0.371. The highest BCUT2D eigenvalue weighted by molar-refractivity contribution is 6.04. The largest absolute Gasteiger partial charge is 0.469 e. The first-order chi connectivity index (χ1) is 15.8. The molecule has 0 radical (unpaired) electrons. The van der Waals surface area contributed by atoms with Crippen molar-refractivity contribution < 1.29 is 24.0 Å². The van der Waals surface area contributed by atoms with Crippen molar-refractivity contribution in [3.05, 3.63) is 39.9 Å². The van der Waals surface area contributed by atoms with Crippen LogP contribution in [0.15, 0.2) is 29.3 Å². The molecule has 0 aliphatic carbocycles. The summed E-state index contributed by atoms with van der Waals surface area (Å²) in [5.74, 6) is -2.61. The minimum atomic E-state index is -1.20. The molecule has 4 atom stereocenters. The van der Waals surface area contributed by atoms with E-state index in [1.54, 1.807) is 19.1 Å². The van der Waals surface area contributed by atoms with Gasteiger partial charge in [-0.1, -0.05) is 12.1 Å². The van der Waals surface area contributed by atoms with E-state index in [1.807, 2.05) is 6.92 Å². The first kappa shape index (κ1) is 24.8. The lowest BCUT2D eigenvalue weighted by Gasteiger charge is -2.48. The van der Waals surface area contributed by atoms with E-state index in [4.69, 9.17) is 14.5 Å². The van der Waals surface area contributed by atoms with Gasteiger partial charge in [-0.25, -0.2) is 0 Å². The van der Waals surface area contributed by atoms with Crippen molar-refractivity contribution in [2.24, 2.45) is 16.3 Å². The lowest BCUT2D eigenvalue weighted by molar-refractivity contribution is -0.385. The van der Waals surface area contributed by atoms with Crippen molar-refractivity contribution >= 4 is 23.3 Å². The first-order valence-electron chi connectivity index (χ1n) is 11.1. The highest BCUT2D eigenvalue weighted by atomic mass is 16.6. The maximum atomic E-state index is 13.5. The summed E-state index contributed by atoms with van der Waals surface area (Å²) >= 11 is 0. The summed E-state index contributed by atoms with van der Waals surface area (Å²) in [5.41, 5.74) is -0.253. The van der Waals surface area contributed by atoms with Crippen molar-refractivity contribution in [3.63, 3.8) is 0 Å². The zero-order valence-electron chi connectivity index (χ0n) is 19.6. The predicted octanol–water partition coefficient (Wildman–Crippen LogP) is 1.79. The standard InChI is InChI=1S/C23H32N4O6/c1-15-19(21(28)32-3)20(17-6-5-7-18(14-17)27(30)31)23(16(2)25-15,22(29)33-4)8-11-26-12-9-24-10-13-26/h5-7,14,16,19-20,24H,8-13H2,1-4H3. The Morgan fingerprint density at radius 3 is 2.58 bits per heavy atom. The molecule has 2 aliphatic heterocycles. The number of nitrogens with one attached hydrogen (secondary N) is 1. The molecule has 0 bridgehead atoms. The third-order valence-electron chi connectivity index (χ3n) is 6.99. The average molecular weight is 461 g/mol. The lowest BCUT2D eigenvalue weighted by Crippen LogP contribution is -2.56. The number of nitro groups is 1. The monoisotopic (exact) mass is 460 g/mol. The summed E-state index contributed by atoms with van der Waals surface area (Å²) in [6.07, 6.45) is 0.387. The molecule has 1 aromatic rings. The highest BCUT2D eigenvalue weighted by Gasteiger charge is 2.59. The molecule has 0 spiro atoms. The van der Waals surface area contributed by atoms with E-state index in [0.29, 0.717) is 24.2 Å². The van der Waals surface area contributed by atoms with Crippen molar-refractivity contribution in [3.8, 4) is 0 Å². The number of hydrogen-bond donors (Lipinski definition) is 1. The maximum absolute atomic E-state index is 13.5. The van der Waals surface area contributed by atoms with Crippen LogP contribution in [0.3, 0.4) is 0 Å². The second kappa shape index (κ2) is 10.4.